The van der Waals surface area contributed by atoms with Crippen molar-refractivity contribution in [3.05, 3.63) is 18.3 Å². The van der Waals surface area contributed by atoms with Gasteiger partial charge >= 0.3 is 0 Å². The van der Waals surface area contributed by atoms with E-state index in [0.717, 1.165) is 6.20 Å². The molecule has 1 aliphatic heterocycles. The lowest BCUT2D eigenvalue weighted by Crippen LogP contribution is -2.35. The largest absolute Gasteiger partial charge is 0.391 e. The molecule has 0 bridgehead atoms. The standard InChI is InChI=1S/C14H18F2N4O2/c1-6-10(7(2)21)22-13(14(6,3)16)20-4-8(15)9-11(17)18-5-19-12(9)20/h4-7,10,13,21H,1-3H3,(H2,17,18,19)/t6-,7?,10+,13-,14-/m1/s1. The second-order valence-corrected chi connectivity index (χ2v) is 5.98. The quantitative estimate of drug-likeness (QED) is 0.883. The fourth-order valence-corrected chi connectivity index (χ4v) is 3.06. The minimum Gasteiger partial charge on any atom is -0.391 e. The van der Waals surface area contributed by atoms with E-state index in [1.54, 1.807) is 6.92 Å². The highest BCUT2D eigenvalue weighted by molar-refractivity contribution is 5.86. The Labute approximate surface area is 125 Å². The van der Waals surface area contributed by atoms with E-state index in [1.807, 2.05) is 0 Å². The van der Waals surface area contributed by atoms with Gasteiger partial charge in [-0.1, -0.05) is 6.92 Å². The van der Waals surface area contributed by atoms with Gasteiger partial charge in [0.05, 0.1) is 17.6 Å². The van der Waals surface area contributed by atoms with E-state index >= 15 is 4.39 Å². The molecule has 1 fully saturated rings. The van der Waals surface area contributed by atoms with Gasteiger partial charge in [0.25, 0.3) is 0 Å². The molecule has 0 radical (unpaired) electrons. The van der Waals surface area contributed by atoms with Crippen molar-refractivity contribution in [1.29, 1.82) is 0 Å². The van der Waals surface area contributed by atoms with E-state index in [2.05, 4.69) is 9.97 Å². The van der Waals surface area contributed by atoms with E-state index in [0.29, 0.717) is 0 Å². The fraction of sp³-hybridized carbons (Fsp3) is 0.571. The molecule has 22 heavy (non-hydrogen) atoms. The number of alkyl halides is 1. The van der Waals surface area contributed by atoms with Crippen LogP contribution in [0.5, 0.6) is 0 Å². The fourth-order valence-electron chi connectivity index (χ4n) is 3.06. The van der Waals surface area contributed by atoms with Crippen molar-refractivity contribution in [3.8, 4) is 0 Å². The Morgan fingerprint density at radius 2 is 2.18 bits per heavy atom. The summed E-state index contributed by atoms with van der Waals surface area (Å²) in [5, 5.41) is 9.80. The molecule has 0 aliphatic carbocycles. The first kappa shape index (κ1) is 15.1. The summed E-state index contributed by atoms with van der Waals surface area (Å²) < 4.78 is 36.2. The van der Waals surface area contributed by atoms with Crippen LogP contribution in [0.4, 0.5) is 14.6 Å². The van der Waals surface area contributed by atoms with Gasteiger partial charge < -0.3 is 15.6 Å². The Hall–Kier alpha value is -1.80. The van der Waals surface area contributed by atoms with Crippen molar-refractivity contribution >= 4 is 16.9 Å². The highest BCUT2D eigenvalue weighted by Gasteiger charge is 2.54. The Kier molecular flexibility index (Phi) is 3.33. The average molecular weight is 312 g/mol. The van der Waals surface area contributed by atoms with Crippen LogP contribution in [0.25, 0.3) is 11.0 Å². The van der Waals surface area contributed by atoms with E-state index in [9.17, 15) is 9.50 Å². The number of hydrogen-bond acceptors (Lipinski definition) is 5. The first-order chi connectivity index (χ1) is 10.2. The molecule has 0 amide bonds. The highest BCUT2D eigenvalue weighted by atomic mass is 19.1. The Morgan fingerprint density at radius 1 is 1.50 bits per heavy atom. The first-order valence-electron chi connectivity index (χ1n) is 7.04. The highest BCUT2D eigenvalue weighted by Crippen LogP contribution is 2.47. The van der Waals surface area contributed by atoms with Crippen molar-refractivity contribution in [2.45, 2.75) is 44.9 Å². The van der Waals surface area contributed by atoms with Crippen LogP contribution in [0, 0.1) is 11.7 Å². The van der Waals surface area contributed by atoms with Crippen molar-refractivity contribution in [2.75, 3.05) is 5.73 Å². The molecule has 1 unspecified atom stereocenters. The van der Waals surface area contributed by atoms with Crippen LogP contribution in [-0.2, 0) is 4.74 Å². The number of hydrogen-bond donors (Lipinski definition) is 2. The second kappa shape index (κ2) is 4.85. The number of nitrogen functional groups attached to an aromatic ring is 1. The summed E-state index contributed by atoms with van der Waals surface area (Å²) in [4.78, 5) is 7.73. The zero-order valence-corrected chi connectivity index (χ0v) is 12.5. The van der Waals surface area contributed by atoms with Crippen molar-refractivity contribution in [3.63, 3.8) is 0 Å². The zero-order valence-electron chi connectivity index (χ0n) is 12.5. The van der Waals surface area contributed by atoms with Crippen LogP contribution in [0.1, 0.15) is 27.0 Å². The number of nitrogens with zero attached hydrogens (tertiary/aromatic N) is 3. The van der Waals surface area contributed by atoms with E-state index in [1.165, 1.54) is 24.7 Å². The number of anilines is 1. The monoisotopic (exact) mass is 312 g/mol. The molecule has 3 rings (SSSR count). The normalized spacial score (nSPS) is 33.5. The van der Waals surface area contributed by atoms with Gasteiger partial charge in [0.15, 0.2) is 23.4 Å². The third-order valence-electron chi connectivity index (χ3n) is 4.47. The third kappa shape index (κ3) is 1.98. The number of nitrogens with two attached hydrogens (primary N) is 1. The van der Waals surface area contributed by atoms with Gasteiger partial charge in [0.1, 0.15) is 12.1 Å². The number of halogens is 2. The number of aliphatic hydroxyl groups excluding tert-OH is 1. The summed E-state index contributed by atoms with van der Waals surface area (Å²) in [5.41, 5.74) is 4.02. The maximum atomic E-state index is 15.1. The van der Waals surface area contributed by atoms with Gasteiger partial charge in [-0.2, -0.15) is 0 Å². The van der Waals surface area contributed by atoms with E-state index < -0.39 is 35.8 Å². The summed E-state index contributed by atoms with van der Waals surface area (Å²) in [6.07, 6.45) is -0.354. The summed E-state index contributed by atoms with van der Waals surface area (Å²) >= 11 is 0. The van der Waals surface area contributed by atoms with E-state index in [-0.39, 0.29) is 16.9 Å². The topological polar surface area (TPSA) is 86.2 Å². The van der Waals surface area contributed by atoms with Gasteiger partial charge in [0.2, 0.25) is 0 Å². The van der Waals surface area contributed by atoms with Gasteiger partial charge in [-0.05, 0) is 13.8 Å². The van der Waals surface area contributed by atoms with Gasteiger partial charge in [-0.25, -0.2) is 18.7 Å². The zero-order chi connectivity index (χ0) is 16.2. The minimum atomic E-state index is -1.81. The van der Waals surface area contributed by atoms with Crippen LogP contribution in [0.2, 0.25) is 0 Å². The van der Waals surface area contributed by atoms with Crippen LogP contribution in [0.3, 0.4) is 0 Å². The first-order valence-corrected chi connectivity index (χ1v) is 7.04. The second-order valence-electron chi connectivity index (χ2n) is 5.98. The molecule has 2 aromatic rings. The number of aliphatic hydroxyl groups is 1. The van der Waals surface area contributed by atoms with Crippen molar-refractivity contribution < 1.29 is 18.6 Å². The van der Waals surface area contributed by atoms with Crippen molar-refractivity contribution in [1.82, 2.24) is 14.5 Å². The minimum absolute atomic E-state index is 0.0140. The van der Waals surface area contributed by atoms with Gasteiger partial charge in [-0.3, -0.25) is 4.57 Å². The molecule has 8 heteroatoms. The Morgan fingerprint density at radius 3 is 2.77 bits per heavy atom. The van der Waals surface area contributed by atoms with Crippen LogP contribution in [0.15, 0.2) is 12.5 Å². The number of ether oxygens (including phenoxy) is 1. The molecule has 0 saturated carbocycles. The molecule has 3 N–H and O–H groups in total. The molecule has 5 atom stereocenters. The predicted molar refractivity (Wildman–Crippen MR) is 76.2 cm³/mol. The molecular weight excluding hydrogens is 294 g/mol. The lowest BCUT2D eigenvalue weighted by Gasteiger charge is -2.26. The molecule has 1 aliphatic rings. The van der Waals surface area contributed by atoms with Crippen LogP contribution >= 0.6 is 0 Å². The molecule has 0 aromatic carbocycles. The summed E-state index contributed by atoms with van der Waals surface area (Å²) in [5.74, 6) is -1.22. The maximum absolute atomic E-state index is 15.1. The maximum Gasteiger partial charge on any atom is 0.170 e. The number of rotatable bonds is 2. The molecule has 3 heterocycles. The predicted octanol–water partition coefficient (Wildman–Crippen LogP) is 1.80. The van der Waals surface area contributed by atoms with E-state index in [4.69, 9.17) is 10.5 Å². The van der Waals surface area contributed by atoms with Crippen LogP contribution in [-0.4, -0.2) is 37.5 Å². The molecule has 1 saturated heterocycles. The van der Waals surface area contributed by atoms with Gasteiger partial charge in [-0.15, -0.1) is 0 Å². The average Bonchev–Trinajstić information content (AvgIpc) is 2.87. The SMILES string of the molecule is CC(O)[C@H]1O[C@@H](n2cc(F)c3c(N)ncnc32)[C@](C)(F)[C@@H]1C. The lowest BCUT2D eigenvalue weighted by atomic mass is 9.88. The molecule has 120 valence electrons. The van der Waals surface area contributed by atoms with Gasteiger partial charge in [0, 0.05) is 12.1 Å². The summed E-state index contributed by atoms with van der Waals surface area (Å²) in [7, 11) is 0. The Balaban J connectivity index is 2.14. The summed E-state index contributed by atoms with van der Waals surface area (Å²) in [6.45, 7) is 4.57. The lowest BCUT2D eigenvalue weighted by molar-refractivity contribution is -0.0761. The molecular formula is C14H18F2N4O2. The Bertz CT molecular complexity index is 716. The third-order valence-corrected chi connectivity index (χ3v) is 4.47. The molecule has 6 nitrogen and oxygen atoms in total. The number of aromatic nitrogens is 3. The molecule has 0 spiro atoms. The van der Waals surface area contributed by atoms with Crippen LogP contribution < -0.4 is 5.73 Å². The molecule has 2 aromatic heterocycles. The summed E-state index contributed by atoms with van der Waals surface area (Å²) in [6, 6.07) is 0. The van der Waals surface area contributed by atoms with Crippen molar-refractivity contribution in [2.24, 2.45) is 5.92 Å². The smallest absolute Gasteiger partial charge is 0.170 e. The number of fused-ring (bicyclic) bond motifs is 1.